The fourth-order valence-corrected chi connectivity index (χ4v) is 5.52. The predicted octanol–water partition coefficient (Wildman–Crippen LogP) is 4.84. The van der Waals surface area contributed by atoms with Gasteiger partial charge in [-0.2, -0.15) is 13.2 Å². The molecule has 0 N–H and O–H groups in total. The molecule has 0 saturated carbocycles. The molecule has 0 amide bonds. The molecule has 0 saturated heterocycles. The molecule has 0 unspecified atom stereocenters. The Labute approximate surface area is 241 Å². The monoisotopic (exact) mass is 627 g/mol. The lowest BCUT2D eigenvalue weighted by Crippen LogP contribution is -2.37. The average Bonchev–Trinajstić information content (AvgIpc) is 3.19. The van der Waals surface area contributed by atoms with Crippen LogP contribution in [0.4, 0.5) is 18.9 Å². The van der Waals surface area contributed by atoms with Crippen molar-refractivity contribution in [1.29, 1.82) is 0 Å². The Morgan fingerprint density at radius 1 is 1.07 bits per heavy atom. The number of benzene rings is 2. The van der Waals surface area contributed by atoms with Crippen LogP contribution in [0.1, 0.15) is 29.4 Å². The molecular weight excluding hydrogens is 600 g/mol. The minimum atomic E-state index is -6.09. The minimum absolute atomic E-state index is 0.345. The third-order valence-electron chi connectivity index (χ3n) is 5.88. The normalized spacial score (nSPS) is 14.7. The summed E-state index contributed by atoms with van der Waals surface area (Å²) in [5, 5.41) is 1.03. The van der Waals surface area contributed by atoms with Crippen molar-refractivity contribution in [3.8, 4) is 0 Å². The highest BCUT2D eigenvalue weighted by atomic mass is 32.2. The van der Waals surface area contributed by atoms with Crippen LogP contribution in [0.5, 0.6) is 0 Å². The van der Waals surface area contributed by atoms with Crippen LogP contribution in [-0.2, 0) is 32.9 Å². The molecule has 14 heteroatoms. The SMILES string of the molecule is CC[n+]1cc(Cc2ccc(C)cc2)cnc1C=CC=C1Sc2cc(S(C)(=O)=O)ccc2N1C.O=S(=O)([O-])C(F)(F)F. The van der Waals surface area contributed by atoms with Crippen LogP contribution in [0.2, 0.25) is 0 Å². The standard InChI is InChI=1S/C26H28N3O2S2.CHF3O3S/c1-5-29-18-21(15-20-11-9-19(2)10-12-20)17-27-25(29)7-6-8-26-28(3)23-14-13-22(33(4,30)31)16-24(23)32-26;2-1(3,4)8(5,6)7/h6-14,16-18H,5,15H2,1-4H3;(H,5,6,7)/q+1;/p-1. The summed E-state index contributed by atoms with van der Waals surface area (Å²) in [6.45, 7) is 5.04. The number of allylic oxidation sites excluding steroid dienone is 2. The Morgan fingerprint density at radius 3 is 2.27 bits per heavy atom. The Hall–Kier alpha value is -3.20. The molecule has 0 bridgehead atoms. The molecular formula is C27H28F3N3O5S3. The van der Waals surface area contributed by atoms with Crippen LogP contribution >= 0.6 is 11.8 Å². The van der Waals surface area contributed by atoms with E-state index >= 15 is 0 Å². The van der Waals surface area contributed by atoms with E-state index in [1.54, 1.807) is 23.9 Å². The van der Waals surface area contributed by atoms with Crippen LogP contribution in [0, 0.1) is 6.92 Å². The predicted molar refractivity (Wildman–Crippen MR) is 151 cm³/mol. The number of hydrogen-bond donors (Lipinski definition) is 0. The Morgan fingerprint density at radius 2 is 1.71 bits per heavy atom. The van der Waals surface area contributed by atoms with E-state index in [0.29, 0.717) is 4.90 Å². The van der Waals surface area contributed by atoms with Gasteiger partial charge in [0.2, 0.25) is 0 Å². The van der Waals surface area contributed by atoms with Crippen molar-refractivity contribution in [1.82, 2.24) is 4.98 Å². The summed E-state index contributed by atoms with van der Waals surface area (Å²) < 4.78 is 84.8. The zero-order valence-electron chi connectivity index (χ0n) is 22.6. The van der Waals surface area contributed by atoms with Gasteiger partial charge in [-0.3, -0.25) is 0 Å². The van der Waals surface area contributed by atoms with Gasteiger partial charge in [0.15, 0.2) is 20.0 Å². The molecule has 0 aliphatic carbocycles. The van der Waals surface area contributed by atoms with Crippen LogP contribution < -0.4 is 9.47 Å². The number of nitrogens with zero attached hydrogens (tertiary/aromatic N) is 3. The average molecular weight is 628 g/mol. The van der Waals surface area contributed by atoms with E-state index in [4.69, 9.17) is 13.0 Å². The maximum atomic E-state index is 11.9. The third kappa shape index (κ3) is 8.64. The van der Waals surface area contributed by atoms with Crippen molar-refractivity contribution >= 4 is 43.5 Å². The van der Waals surface area contributed by atoms with Crippen molar-refractivity contribution in [3.63, 3.8) is 0 Å². The molecule has 1 aliphatic rings. The molecule has 41 heavy (non-hydrogen) atoms. The molecule has 2 heterocycles. The maximum Gasteiger partial charge on any atom is 0.485 e. The molecule has 3 aromatic rings. The van der Waals surface area contributed by atoms with Gasteiger partial charge in [0, 0.05) is 36.3 Å². The summed E-state index contributed by atoms with van der Waals surface area (Å²) in [4.78, 5) is 8.05. The van der Waals surface area contributed by atoms with E-state index in [1.165, 1.54) is 22.9 Å². The second-order valence-electron chi connectivity index (χ2n) is 9.10. The third-order valence-corrected chi connectivity index (χ3v) is 8.72. The summed E-state index contributed by atoms with van der Waals surface area (Å²) >= 11 is 1.57. The maximum absolute atomic E-state index is 11.9. The molecule has 0 atom stereocenters. The van der Waals surface area contributed by atoms with Gasteiger partial charge < -0.3 is 9.45 Å². The van der Waals surface area contributed by atoms with E-state index in [0.717, 1.165) is 34.4 Å². The lowest BCUT2D eigenvalue weighted by Gasteiger charge is -2.12. The second kappa shape index (κ2) is 12.8. The number of sulfone groups is 1. The van der Waals surface area contributed by atoms with E-state index in [1.807, 2.05) is 37.5 Å². The number of rotatable bonds is 6. The number of aryl methyl sites for hydroxylation is 2. The topological polar surface area (TPSA) is 111 Å². The van der Waals surface area contributed by atoms with Gasteiger partial charge in [-0.05, 0) is 48.7 Å². The smallest absolute Gasteiger partial charge is 0.485 e. The lowest BCUT2D eigenvalue weighted by atomic mass is 10.1. The molecule has 8 nitrogen and oxygen atoms in total. The molecule has 4 rings (SSSR count). The summed E-state index contributed by atoms with van der Waals surface area (Å²) in [7, 11) is -7.32. The van der Waals surface area contributed by atoms with Crippen molar-refractivity contribution in [2.75, 3.05) is 18.2 Å². The highest BCUT2D eigenvalue weighted by molar-refractivity contribution is 8.03. The first-order valence-electron chi connectivity index (χ1n) is 12.1. The Bertz CT molecular complexity index is 1690. The van der Waals surface area contributed by atoms with Crippen molar-refractivity contribution in [3.05, 3.63) is 94.6 Å². The summed E-state index contributed by atoms with van der Waals surface area (Å²) in [5.41, 5.74) is -0.917. The van der Waals surface area contributed by atoms with E-state index < -0.39 is 25.5 Å². The highest BCUT2D eigenvalue weighted by Crippen LogP contribution is 2.45. The molecule has 0 spiro atoms. The van der Waals surface area contributed by atoms with Gasteiger partial charge in [0.1, 0.15) is 6.20 Å². The van der Waals surface area contributed by atoms with E-state index in [9.17, 15) is 21.6 Å². The first-order chi connectivity index (χ1) is 19.0. The second-order valence-corrected chi connectivity index (χ2v) is 13.5. The Balaban J connectivity index is 0.000000507. The van der Waals surface area contributed by atoms with Crippen molar-refractivity contribution in [2.24, 2.45) is 0 Å². The van der Waals surface area contributed by atoms with Crippen molar-refractivity contribution in [2.45, 2.75) is 42.1 Å². The van der Waals surface area contributed by atoms with Gasteiger partial charge in [-0.15, -0.1) is 0 Å². The van der Waals surface area contributed by atoms with Crippen molar-refractivity contribution < 1.29 is 39.1 Å². The number of anilines is 1. The van der Waals surface area contributed by atoms with E-state index in [-0.39, 0.29) is 0 Å². The fourth-order valence-electron chi connectivity index (χ4n) is 3.69. The van der Waals surface area contributed by atoms with Crippen LogP contribution in [0.25, 0.3) is 6.08 Å². The Kier molecular flexibility index (Phi) is 10.1. The number of alkyl halides is 3. The van der Waals surface area contributed by atoms with Gasteiger partial charge in [-0.25, -0.2) is 21.4 Å². The van der Waals surface area contributed by atoms with Gasteiger partial charge >= 0.3 is 11.3 Å². The number of fused-ring (bicyclic) bond motifs is 1. The quantitative estimate of drug-likeness (QED) is 0.217. The zero-order valence-corrected chi connectivity index (χ0v) is 25.0. The largest absolute Gasteiger partial charge is 0.741 e. The first-order valence-corrected chi connectivity index (χ1v) is 16.2. The first kappa shape index (κ1) is 32.3. The van der Waals surface area contributed by atoms with E-state index in [2.05, 4.69) is 58.8 Å². The molecule has 1 aliphatic heterocycles. The van der Waals surface area contributed by atoms with Gasteiger partial charge in [0.05, 0.1) is 28.4 Å². The lowest BCUT2D eigenvalue weighted by molar-refractivity contribution is -0.698. The summed E-state index contributed by atoms with van der Waals surface area (Å²) in [5.74, 6) is 0.893. The number of aromatic nitrogens is 2. The minimum Gasteiger partial charge on any atom is -0.741 e. The molecule has 1 aromatic heterocycles. The molecule has 0 radical (unpaired) electrons. The van der Waals surface area contributed by atoms with Crippen LogP contribution in [0.15, 0.2) is 81.8 Å². The summed E-state index contributed by atoms with van der Waals surface area (Å²) in [6.07, 6.45) is 12.2. The van der Waals surface area contributed by atoms with Gasteiger partial charge in [-0.1, -0.05) is 47.7 Å². The molecule has 0 fully saturated rings. The molecule has 2 aromatic carbocycles. The molecule has 220 valence electrons. The van der Waals surface area contributed by atoms with Crippen LogP contribution in [0.3, 0.4) is 0 Å². The zero-order chi connectivity index (χ0) is 30.6. The number of hydrogen-bond acceptors (Lipinski definition) is 8. The highest BCUT2D eigenvalue weighted by Gasteiger charge is 2.37. The van der Waals surface area contributed by atoms with Gasteiger partial charge in [0.25, 0.3) is 0 Å². The summed E-state index contributed by atoms with van der Waals surface area (Å²) in [6, 6.07) is 13.9. The fraction of sp³-hybridized carbons (Fsp3) is 0.259. The number of halogens is 3. The van der Waals surface area contributed by atoms with Crippen LogP contribution in [-0.4, -0.2) is 45.2 Å². The number of thioether (sulfide) groups is 1.